The van der Waals surface area contributed by atoms with Gasteiger partial charge < -0.3 is 5.32 Å². The molecule has 1 aliphatic carbocycles. The molecule has 3 atom stereocenters. The highest BCUT2D eigenvalue weighted by atomic mass is 16.2. The molecule has 0 radical (unpaired) electrons. The number of amides is 3. The summed E-state index contributed by atoms with van der Waals surface area (Å²) in [5, 5.41) is 3.06. The molecular weight excluding hydrogens is 314 g/mol. The molecule has 3 aliphatic rings. The van der Waals surface area contributed by atoms with Crippen LogP contribution in [0.5, 0.6) is 0 Å². The molecule has 1 spiro atoms. The molecule has 1 N–H and O–H groups in total. The zero-order chi connectivity index (χ0) is 17.4. The van der Waals surface area contributed by atoms with Gasteiger partial charge in [0.15, 0.2) is 0 Å². The Morgan fingerprint density at radius 1 is 1.12 bits per heavy atom. The van der Waals surface area contributed by atoms with Crippen LogP contribution < -0.4 is 5.32 Å². The van der Waals surface area contributed by atoms with Crippen molar-refractivity contribution in [1.82, 2.24) is 15.1 Å². The first-order valence-corrected chi connectivity index (χ1v) is 9.55. The number of likely N-dealkylation sites (tertiary alicyclic amines) is 1. The van der Waals surface area contributed by atoms with Crippen LogP contribution in [0.1, 0.15) is 57.1 Å². The quantitative estimate of drug-likeness (QED) is 0.859. The molecule has 0 unspecified atom stereocenters. The predicted octanol–water partition coefficient (Wildman–Crippen LogP) is 3.28. The minimum atomic E-state index is -0.655. The average molecular weight is 341 g/mol. The smallest absolute Gasteiger partial charge is 0.323 e. The molecule has 25 heavy (non-hydrogen) atoms. The molecule has 1 saturated carbocycles. The number of nitrogens with zero attached hydrogens (tertiary/aromatic N) is 2. The molecule has 0 bridgehead atoms. The summed E-state index contributed by atoms with van der Waals surface area (Å²) in [6.45, 7) is 3.43. The minimum Gasteiger partial charge on any atom is -0.323 e. The Bertz CT molecular complexity index is 662. The van der Waals surface area contributed by atoms with Gasteiger partial charge in [0, 0.05) is 12.6 Å². The zero-order valence-electron chi connectivity index (χ0n) is 14.9. The Morgan fingerprint density at radius 2 is 1.92 bits per heavy atom. The van der Waals surface area contributed by atoms with Crippen LogP contribution in [0, 0.1) is 5.92 Å². The second-order valence-electron chi connectivity index (χ2n) is 7.80. The molecule has 1 aromatic carbocycles. The van der Waals surface area contributed by atoms with Crippen LogP contribution in [0.2, 0.25) is 0 Å². The van der Waals surface area contributed by atoms with Crippen molar-refractivity contribution >= 4 is 11.9 Å². The molecule has 5 nitrogen and oxygen atoms in total. The molecule has 4 rings (SSSR count). The summed E-state index contributed by atoms with van der Waals surface area (Å²) in [5.41, 5.74) is 0.616. The Hall–Kier alpha value is -1.88. The highest BCUT2D eigenvalue weighted by molar-refractivity contribution is 6.07. The lowest BCUT2D eigenvalue weighted by molar-refractivity contribution is -0.135. The Morgan fingerprint density at radius 3 is 2.68 bits per heavy atom. The zero-order valence-corrected chi connectivity index (χ0v) is 14.9. The topological polar surface area (TPSA) is 52.7 Å². The summed E-state index contributed by atoms with van der Waals surface area (Å²) < 4.78 is 0. The van der Waals surface area contributed by atoms with Gasteiger partial charge in [0.2, 0.25) is 0 Å². The molecule has 134 valence electrons. The first-order valence-electron chi connectivity index (χ1n) is 9.55. The number of carbonyl (C=O) groups is 2. The summed E-state index contributed by atoms with van der Waals surface area (Å²) in [4.78, 5) is 29.5. The second kappa shape index (κ2) is 6.45. The van der Waals surface area contributed by atoms with Gasteiger partial charge >= 0.3 is 6.03 Å². The van der Waals surface area contributed by atoms with Crippen LogP contribution in [0.25, 0.3) is 0 Å². The number of benzene rings is 1. The van der Waals surface area contributed by atoms with E-state index in [4.69, 9.17) is 0 Å². The van der Waals surface area contributed by atoms with Crippen molar-refractivity contribution in [2.24, 2.45) is 5.92 Å². The van der Waals surface area contributed by atoms with Crippen LogP contribution in [0.4, 0.5) is 4.79 Å². The number of imide groups is 1. The summed E-state index contributed by atoms with van der Waals surface area (Å²) in [6, 6.07) is 10.5. The van der Waals surface area contributed by atoms with Crippen molar-refractivity contribution in [2.45, 2.75) is 57.0 Å². The number of carbonyl (C=O) groups excluding carboxylic acids is 2. The van der Waals surface area contributed by atoms with Crippen LogP contribution in [0.3, 0.4) is 0 Å². The summed E-state index contributed by atoms with van der Waals surface area (Å²) in [6.07, 6.45) is 6.13. The van der Waals surface area contributed by atoms with Gasteiger partial charge in [0.05, 0.1) is 6.67 Å². The summed E-state index contributed by atoms with van der Waals surface area (Å²) in [7, 11) is 0. The molecule has 0 aromatic heterocycles. The third-order valence-electron chi connectivity index (χ3n) is 6.37. The molecule has 2 heterocycles. The molecule has 3 fully saturated rings. The van der Waals surface area contributed by atoms with E-state index in [9.17, 15) is 9.59 Å². The van der Waals surface area contributed by atoms with Crippen molar-refractivity contribution in [1.29, 1.82) is 0 Å². The first kappa shape index (κ1) is 16.6. The van der Waals surface area contributed by atoms with Gasteiger partial charge in [0.1, 0.15) is 5.54 Å². The van der Waals surface area contributed by atoms with E-state index in [-0.39, 0.29) is 17.9 Å². The highest BCUT2D eigenvalue weighted by Gasteiger charge is 2.55. The van der Waals surface area contributed by atoms with Crippen molar-refractivity contribution < 1.29 is 9.59 Å². The maximum Gasteiger partial charge on any atom is 0.326 e. The number of nitrogens with one attached hydrogen (secondary N) is 1. The normalized spacial score (nSPS) is 33.2. The number of hydrogen-bond donors (Lipinski definition) is 1. The first-order chi connectivity index (χ1) is 12.1. The van der Waals surface area contributed by atoms with Gasteiger partial charge in [-0.25, -0.2) is 9.69 Å². The van der Waals surface area contributed by atoms with Gasteiger partial charge in [-0.3, -0.25) is 9.69 Å². The highest BCUT2D eigenvalue weighted by Crippen LogP contribution is 2.39. The monoisotopic (exact) mass is 341 g/mol. The minimum absolute atomic E-state index is 0.0107. The van der Waals surface area contributed by atoms with Crippen LogP contribution >= 0.6 is 0 Å². The van der Waals surface area contributed by atoms with Gasteiger partial charge in [-0.15, -0.1) is 0 Å². The summed E-state index contributed by atoms with van der Waals surface area (Å²) in [5.74, 6) is 0.203. The second-order valence-corrected chi connectivity index (χ2v) is 7.80. The van der Waals surface area contributed by atoms with Crippen LogP contribution in [-0.2, 0) is 4.79 Å². The Kier molecular flexibility index (Phi) is 4.28. The largest absolute Gasteiger partial charge is 0.326 e. The molecule has 2 saturated heterocycles. The predicted molar refractivity (Wildman–Crippen MR) is 95.7 cm³/mol. The number of urea groups is 1. The molecule has 1 aromatic rings. The van der Waals surface area contributed by atoms with Crippen molar-refractivity contribution in [2.75, 3.05) is 13.2 Å². The van der Waals surface area contributed by atoms with E-state index in [1.807, 2.05) is 6.07 Å². The fourth-order valence-corrected chi connectivity index (χ4v) is 4.85. The van der Waals surface area contributed by atoms with Gasteiger partial charge in [-0.1, -0.05) is 50.1 Å². The maximum absolute atomic E-state index is 13.2. The van der Waals surface area contributed by atoms with E-state index in [0.29, 0.717) is 12.7 Å². The van der Waals surface area contributed by atoms with Crippen molar-refractivity contribution in [3.8, 4) is 0 Å². The van der Waals surface area contributed by atoms with Gasteiger partial charge in [-0.2, -0.15) is 0 Å². The fraction of sp³-hybridized carbons (Fsp3) is 0.600. The van der Waals surface area contributed by atoms with Crippen molar-refractivity contribution in [3.63, 3.8) is 0 Å². The van der Waals surface area contributed by atoms with E-state index in [1.54, 1.807) is 0 Å². The molecule has 5 heteroatoms. The van der Waals surface area contributed by atoms with Gasteiger partial charge in [-0.05, 0) is 37.2 Å². The Labute approximate surface area is 149 Å². The fourth-order valence-electron chi connectivity index (χ4n) is 4.85. The lowest BCUT2D eigenvalue weighted by Crippen LogP contribution is -2.54. The van der Waals surface area contributed by atoms with E-state index in [2.05, 4.69) is 41.4 Å². The summed E-state index contributed by atoms with van der Waals surface area (Å²) >= 11 is 0. The van der Waals surface area contributed by atoms with E-state index in [0.717, 1.165) is 45.1 Å². The Balaban J connectivity index is 1.52. The third kappa shape index (κ3) is 2.74. The number of hydrogen-bond acceptors (Lipinski definition) is 3. The lowest BCUT2D eigenvalue weighted by Gasteiger charge is -2.37. The molecule has 3 amide bonds. The van der Waals surface area contributed by atoms with E-state index < -0.39 is 5.54 Å². The van der Waals surface area contributed by atoms with Crippen LogP contribution in [0.15, 0.2) is 30.3 Å². The van der Waals surface area contributed by atoms with E-state index in [1.165, 1.54) is 10.5 Å². The third-order valence-corrected chi connectivity index (χ3v) is 6.37. The standard InChI is InChI=1S/C20H27N3O2/c1-15-8-5-6-12-20(15)18(24)23(19(25)21-20)14-22-13-7-11-17(22)16-9-3-2-4-10-16/h2-4,9-10,15,17H,5-8,11-14H2,1H3,(H,21,25)/t15-,17+,20+/m1/s1. The van der Waals surface area contributed by atoms with Crippen molar-refractivity contribution in [3.05, 3.63) is 35.9 Å². The molecular formula is C20H27N3O2. The maximum atomic E-state index is 13.2. The SMILES string of the molecule is C[C@@H]1CCCC[C@]12NC(=O)N(CN1CCC[C@H]1c1ccccc1)C2=O. The van der Waals surface area contributed by atoms with Gasteiger partial charge in [0.25, 0.3) is 5.91 Å². The van der Waals surface area contributed by atoms with Crippen LogP contribution in [-0.4, -0.2) is 40.5 Å². The lowest BCUT2D eigenvalue weighted by atomic mass is 9.73. The average Bonchev–Trinajstić information content (AvgIpc) is 3.18. The van der Waals surface area contributed by atoms with E-state index >= 15 is 0 Å². The number of rotatable bonds is 3. The molecule has 2 aliphatic heterocycles.